The predicted molar refractivity (Wildman–Crippen MR) is 108 cm³/mol. The monoisotopic (exact) mass is 374 g/mol. The Hall–Kier alpha value is -1.98. The lowest BCUT2D eigenvalue weighted by Crippen LogP contribution is -2.43. The Morgan fingerprint density at radius 3 is 1.85 bits per heavy atom. The lowest BCUT2D eigenvalue weighted by Gasteiger charge is -2.36. The molecule has 1 N–H and O–H groups in total. The molecule has 5 heteroatoms. The summed E-state index contributed by atoms with van der Waals surface area (Å²) in [5.74, 6) is 2.16. The number of aliphatic hydroxyl groups is 1. The summed E-state index contributed by atoms with van der Waals surface area (Å²) in [7, 11) is 1.26. The molecule has 2 rings (SSSR count). The van der Waals surface area contributed by atoms with E-state index in [-0.39, 0.29) is 5.04 Å². The minimum absolute atomic E-state index is 0.0881. The summed E-state index contributed by atoms with van der Waals surface area (Å²) < 4.78 is 17.0. The molecule has 0 heterocycles. The summed E-state index contributed by atoms with van der Waals surface area (Å²) in [6.07, 6.45) is -0.766. The molecule has 0 aliphatic heterocycles. The van der Waals surface area contributed by atoms with Gasteiger partial charge in [-0.15, -0.1) is 0 Å². The Balaban J connectivity index is 2.36. The van der Waals surface area contributed by atoms with E-state index in [9.17, 15) is 5.11 Å². The Morgan fingerprint density at radius 1 is 0.808 bits per heavy atom. The Bertz CT molecular complexity index is 733. The molecule has 26 heavy (non-hydrogen) atoms. The second-order valence-electron chi connectivity index (χ2n) is 7.98. The van der Waals surface area contributed by atoms with Crippen LogP contribution >= 0.6 is 0 Å². The van der Waals surface area contributed by atoms with Crippen LogP contribution in [0.5, 0.6) is 17.2 Å². The van der Waals surface area contributed by atoms with E-state index in [0.717, 1.165) is 22.6 Å². The summed E-state index contributed by atoms with van der Waals surface area (Å²) in [5.41, 5.74) is 1.53. The normalized spacial score (nSPS) is 13.2. The molecule has 0 fully saturated rings. The molecule has 0 spiro atoms. The molecule has 2 aromatic carbocycles. The van der Waals surface area contributed by atoms with Crippen molar-refractivity contribution in [2.45, 2.75) is 45.0 Å². The van der Waals surface area contributed by atoms with Gasteiger partial charge in [0.2, 0.25) is 8.32 Å². The van der Waals surface area contributed by atoms with E-state index < -0.39 is 14.4 Å². The highest BCUT2D eigenvalue weighted by molar-refractivity contribution is 6.74. The summed E-state index contributed by atoms with van der Waals surface area (Å²) >= 11 is 0. The average molecular weight is 375 g/mol. The number of rotatable bonds is 6. The Kier molecular flexibility index (Phi) is 6.04. The fourth-order valence-corrected chi connectivity index (χ4v) is 3.37. The standard InChI is InChI=1S/C21H30O4Si/c1-21(2,3)26(6,7)25-19-13-16(12-18(14-19)24-5)20(22)15-8-10-17(23-4)11-9-15/h8-14,20,22H,1-7H3. The van der Waals surface area contributed by atoms with Gasteiger partial charge < -0.3 is 19.0 Å². The number of ether oxygens (including phenoxy) is 2. The van der Waals surface area contributed by atoms with Gasteiger partial charge in [-0.2, -0.15) is 0 Å². The highest BCUT2D eigenvalue weighted by Gasteiger charge is 2.39. The smallest absolute Gasteiger partial charge is 0.250 e. The van der Waals surface area contributed by atoms with Crippen molar-refractivity contribution in [2.24, 2.45) is 0 Å². The fourth-order valence-electron chi connectivity index (χ4n) is 2.35. The number of methoxy groups -OCH3 is 2. The molecule has 0 radical (unpaired) electrons. The molecule has 1 unspecified atom stereocenters. The zero-order chi connectivity index (χ0) is 19.5. The maximum absolute atomic E-state index is 10.8. The first-order valence-electron chi connectivity index (χ1n) is 8.77. The maximum atomic E-state index is 10.8. The highest BCUT2D eigenvalue weighted by Crippen LogP contribution is 2.39. The zero-order valence-electron chi connectivity index (χ0n) is 16.8. The third-order valence-corrected chi connectivity index (χ3v) is 9.42. The van der Waals surface area contributed by atoms with Crippen molar-refractivity contribution in [3.63, 3.8) is 0 Å². The molecule has 4 nitrogen and oxygen atoms in total. The van der Waals surface area contributed by atoms with Gasteiger partial charge in [0, 0.05) is 6.07 Å². The van der Waals surface area contributed by atoms with Gasteiger partial charge in [-0.3, -0.25) is 0 Å². The summed E-state index contributed by atoms with van der Waals surface area (Å²) in [6, 6.07) is 13.0. The molecular formula is C21H30O4Si. The van der Waals surface area contributed by atoms with Gasteiger partial charge in [-0.1, -0.05) is 32.9 Å². The third kappa shape index (κ3) is 4.59. The molecule has 0 aliphatic carbocycles. The van der Waals surface area contributed by atoms with Crippen LogP contribution in [0.3, 0.4) is 0 Å². The van der Waals surface area contributed by atoms with Crippen LogP contribution in [0.25, 0.3) is 0 Å². The van der Waals surface area contributed by atoms with Gasteiger partial charge in [0.05, 0.1) is 14.2 Å². The van der Waals surface area contributed by atoms with Gasteiger partial charge in [-0.25, -0.2) is 0 Å². The second kappa shape index (κ2) is 7.72. The van der Waals surface area contributed by atoms with E-state index in [0.29, 0.717) is 5.75 Å². The first kappa shape index (κ1) is 20.3. The lowest BCUT2D eigenvalue weighted by molar-refractivity contribution is 0.219. The van der Waals surface area contributed by atoms with Crippen LogP contribution in [0.4, 0.5) is 0 Å². The highest BCUT2D eigenvalue weighted by atomic mass is 28.4. The van der Waals surface area contributed by atoms with Crippen LogP contribution in [0.1, 0.15) is 38.0 Å². The summed E-state index contributed by atoms with van der Waals surface area (Å²) in [6.45, 7) is 11.0. The van der Waals surface area contributed by atoms with Gasteiger partial charge in [0.25, 0.3) is 0 Å². The van der Waals surface area contributed by atoms with Crippen molar-refractivity contribution in [1.82, 2.24) is 0 Å². The number of aliphatic hydroxyl groups excluding tert-OH is 1. The van der Waals surface area contributed by atoms with Crippen LogP contribution in [-0.2, 0) is 0 Å². The Morgan fingerprint density at radius 2 is 1.35 bits per heavy atom. The molecule has 0 saturated heterocycles. The molecule has 0 amide bonds. The van der Waals surface area contributed by atoms with E-state index in [1.807, 2.05) is 42.5 Å². The molecule has 0 saturated carbocycles. The van der Waals surface area contributed by atoms with E-state index in [2.05, 4.69) is 33.9 Å². The number of hydrogen-bond donors (Lipinski definition) is 1. The average Bonchev–Trinajstić information content (AvgIpc) is 2.59. The molecule has 2 aromatic rings. The third-order valence-electron chi connectivity index (χ3n) is 5.06. The maximum Gasteiger partial charge on any atom is 0.250 e. The summed E-state index contributed by atoms with van der Waals surface area (Å²) in [4.78, 5) is 0. The van der Waals surface area contributed by atoms with E-state index >= 15 is 0 Å². The van der Waals surface area contributed by atoms with E-state index in [1.165, 1.54) is 0 Å². The molecule has 0 bridgehead atoms. The Labute approximate surface area is 157 Å². The quantitative estimate of drug-likeness (QED) is 0.709. The predicted octanol–water partition coefficient (Wildman–Crippen LogP) is 5.17. The minimum atomic E-state index is -1.98. The van der Waals surface area contributed by atoms with Gasteiger partial charge in [-0.05, 0) is 53.5 Å². The number of hydrogen-bond acceptors (Lipinski definition) is 4. The zero-order valence-corrected chi connectivity index (χ0v) is 17.8. The molecule has 1 atom stereocenters. The summed E-state index contributed by atoms with van der Waals surface area (Å²) in [5, 5.41) is 10.9. The largest absolute Gasteiger partial charge is 0.543 e. The topological polar surface area (TPSA) is 47.9 Å². The van der Waals surface area contributed by atoms with Crippen LogP contribution in [0.15, 0.2) is 42.5 Å². The molecule has 142 valence electrons. The van der Waals surface area contributed by atoms with Crippen molar-refractivity contribution in [1.29, 1.82) is 0 Å². The van der Waals surface area contributed by atoms with Gasteiger partial charge >= 0.3 is 0 Å². The van der Waals surface area contributed by atoms with Gasteiger partial charge in [0.1, 0.15) is 23.4 Å². The minimum Gasteiger partial charge on any atom is -0.543 e. The van der Waals surface area contributed by atoms with Crippen molar-refractivity contribution in [2.75, 3.05) is 14.2 Å². The van der Waals surface area contributed by atoms with Crippen molar-refractivity contribution >= 4 is 8.32 Å². The lowest BCUT2D eigenvalue weighted by atomic mass is 10.0. The molecule has 0 aliphatic rings. The van der Waals surface area contributed by atoms with Crippen molar-refractivity contribution in [3.05, 3.63) is 53.6 Å². The SMILES string of the molecule is COc1ccc(C(O)c2cc(OC)cc(O[Si](C)(C)C(C)(C)C)c2)cc1. The molecular weight excluding hydrogens is 344 g/mol. The first-order chi connectivity index (χ1) is 12.1. The first-order valence-corrected chi connectivity index (χ1v) is 11.7. The van der Waals surface area contributed by atoms with Crippen LogP contribution in [-0.4, -0.2) is 27.6 Å². The number of benzene rings is 2. The van der Waals surface area contributed by atoms with Crippen LogP contribution in [0, 0.1) is 0 Å². The molecule has 0 aromatic heterocycles. The van der Waals surface area contributed by atoms with Crippen LogP contribution in [0.2, 0.25) is 18.1 Å². The second-order valence-corrected chi connectivity index (χ2v) is 12.7. The van der Waals surface area contributed by atoms with Crippen LogP contribution < -0.4 is 13.9 Å². The van der Waals surface area contributed by atoms with E-state index in [4.69, 9.17) is 13.9 Å². The van der Waals surface area contributed by atoms with Gasteiger partial charge in [0.15, 0.2) is 0 Å². The van der Waals surface area contributed by atoms with Crippen molar-refractivity contribution in [3.8, 4) is 17.2 Å². The van der Waals surface area contributed by atoms with E-state index in [1.54, 1.807) is 14.2 Å². The van der Waals surface area contributed by atoms with Crippen molar-refractivity contribution < 1.29 is 19.0 Å². The fraction of sp³-hybridized carbons (Fsp3) is 0.429.